The SMILES string of the molecule is CCN(CCNCc1cc(C(=O)O)c(C)o1)C1CC1. The summed E-state index contributed by atoms with van der Waals surface area (Å²) >= 11 is 0. The largest absolute Gasteiger partial charge is 0.478 e. The normalized spacial score (nSPS) is 15.1. The Hall–Kier alpha value is -1.33. The number of carboxylic acid groups (broad SMARTS) is 1. The molecule has 0 aliphatic heterocycles. The Kier molecular flexibility index (Phi) is 4.61. The molecule has 1 fully saturated rings. The fraction of sp³-hybridized carbons (Fsp3) is 0.643. The number of nitrogens with zero attached hydrogens (tertiary/aromatic N) is 1. The van der Waals surface area contributed by atoms with Crippen LogP contribution in [0.5, 0.6) is 0 Å². The summed E-state index contributed by atoms with van der Waals surface area (Å²) in [6.07, 6.45) is 2.65. The molecule has 1 aromatic heterocycles. The second kappa shape index (κ2) is 6.21. The van der Waals surface area contributed by atoms with Crippen molar-refractivity contribution < 1.29 is 14.3 Å². The van der Waals surface area contributed by atoms with Crippen LogP contribution in [0, 0.1) is 6.92 Å². The van der Waals surface area contributed by atoms with E-state index in [-0.39, 0.29) is 5.56 Å². The fourth-order valence-corrected chi connectivity index (χ4v) is 2.32. The minimum atomic E-state index is -0.932. The lowest BCUT2D eigenvalue weighted by Gasteiger charge is -2.19. The van der Waals surface area contributed by atoms with Crippen LogP contribution in [-0.2, 0) is 6.54 Å². The quantitative estimate of drug-likeness (QED) is 0.703. The van der Waals surface area contributed by atoms with Crippen LogP contribution in [0.25, 0.3) is 0 Å². The summed E-state index contributed by atoms with van der Waals surface area (Å²) < 4.78 is 5.41. The van der Waals surface area contributed by atoms with Crippen LogP contribution in [0.2, 0.25) is 0 Å². The van der Waals surface area contributed by atoms with Crippen LogP contribution >= 0.6 is 0 Å². The molecular formula is C14H22N2O3. The van der Waals surface area contributed by atoms with Gasteiger partial charge in [-0.3, -0.25) is 4.90 Å². The molecule has 1 aliphatic carbocycles. The van der Waals surface area contributed by atoms with Crippen molar-refractivity contribution in [2.24, 2.45) is 0 Å². The average molecular weight is 266 g/mol. The molecule has 106 valence electrons. The summed E-state index contributed by atoms with van der Waals surface area (Å²) in [5.74, 6) is 0.222. The molecule has 1 aliphatic rings. The van der Waals surface area contributed by atoms with Crippen molar-refractivity contribution in [1.82, 2.24) is 10.2 Å². The predicted molar refractivity (Wildman–Crippen MR) is 72.4 cm³/mol. The number of furan rings is 1. The summed E-state index contributed by atoms with van der Waals surface area (Å²) in [6.45, 7) is 7.47. The first-order chi connectivity index (χ1) is 9.11. The van der Waals surface area contributed by atoms with Crippen LogP contribution in [0.4, 0.5) is 0 Å². The molecular weight excluding hydrogens is 244 g/mol. The summed E-state index contributed by atoms with van der Waals surface area (Å²) in [5, 5.41) is 12.2. The van der Waals surface area contributed by atoms with Crippen LogP contribution in [0.1, 0.15) is 41.6 Å². The summed E-state index contributed by atoms with van der Waals surface area (Å²) in [7, 11) is 0. The van der Waals surface area contributed by atoms with E-state index >= 15 is 0 Å². The summed E-state index contributed by atoms with van der Waals surface area (Å²) in [4.78, 5) is 13.4. The zero-order valence-corrected chi connectivity index (χ0v) is 11.6. The molecule has 19 heavy (non-hydrogen) atoms. The molecule has 1 aromatic rings. The Morgan fingerprint density at radius 3 is 2.84 bits per heavy atom. The second-order valence-electron chi connectivity index (χ2n) is 5.02. The van der Waals surface area contributed by atoms with Gasteiger partial charge in [0.15, 0.2) is 0 Å². The first-order valence-electron chi connectivity index (χ1n) is 6.89. The Morgan fingerprint density at radius 1 is 1.58 bits per heavy atom. The molecule has 1 saturated carbocycles. The van der Waals surface area contributed by atoms with Crippen molar-refractivity contribution in [2.75, 3.05) is 19.6 Å². The van der Waals surface area contributed by atoms with E-state index in [0.717, 1.165) is 25.7 Å². The van der Waals surface area contributed by atoms with E-state index in [2.05, 4.69) is 17.1 Å². The molecule has 0 spiro atoms. The van der Waals surface area contributed by atoms with E-state index in [9.17, 15) is 4.79 Å². The van der Waals surface area contributed by atoms with E-state index < -0.39 is 5.97 Å². The monoisotopic (exact) mass is 266 g/mol. The highest BCUT2D eigenvalue weighted by atomic mass is 16.4. The van der Waals surface area contributed by atoms with Crippen molar-refractivity contribution >= 4 is 5.97 Å². The number of carboxylic acids is 1. The lowest BCUT2D eigenvalue weighted by atomic mass is 10.2. The van der Waals surface area contributed by atoms with Crippen LogP contribution in [-0.4, -0.2) is 41.7 Å². The zero-order chi connectivity index (χ0) is 13.8. The van der Waals surface area contributed by atoms with E-state index in [1.165, 1.54) is 12.8 Å². The van der Waals surface area contributed by atoms with Crippen molar-refractivity contribution in [3.05, 3.63) is 23.2 Å². The average Bonchev–Trinajstić information content (AvgIpc) is 3.13. The lowest BCUT2D eigenvalue weighted by Crippen LogP contribution is -2.33. The first-order valence-corrected chi connectivity index (χ1v) is 6.89. The zero-order valence-electron chi connectivity index (χ0n) is 11.6. The van der Waals surface area contributed by atoms with Gasteiger partial charge in [-0.15, -0.1) is 0 Å². The Labute approximate surface area is 113 Å². The van der Waals surface area contributed by atoms with Gasteiger partial charge < -0.3 is 14.8 Å². The number of hydrogen-bond acceptors (Lipinski definition) is 4. The molecule has 0 bridgehead atoms. The highest BCUT2D eigenvalue weighted by Gasteiger charge is 2.27. The van der Waals surface area contributed by atoms with Crippen molar-refractivity contribution in [3.63, 3.8) is 0 Å². The Morgan fingerprint density at radius 2 is 2.32 bits per heavy atom. The molecule has 0 atom stereocenters. The third kappa shape index (κ3) is 3.81. The number of carbonyl (C=O) groups is 1. The van der Waals surface area contributed by atoms with Gasteiger partial charge in [0.25, 0.3) is 0 Å². The van der Waals surface area contributed by atoms with Crippen molar-refractivity contribution in [2.45, 2.75) is 39.3 Å². The number of rotatable bonds is 8. The highest BCUT2D eigenvalue weighted by molar-refractivity contribution is 5.88. The second-order valence-corrected chi connectivity index (χ2v) is 5.02. The smallest absolute Gasteiger partial charge is 0.339 e. The molecule has 5 nitrogen and oxygen atoms in total. The lowest BCUT2D eigenvalue weighted by molar-refractivity contribution is 0.0695. The molecule has 1 heterocycles. The molecule has 0 radical (unpaired) electrons. The fourth-order valence-electron chi connectivity index (χ4n) is 2.32. The molecule has 2 N–H and O–H groups in total. The van der Waals surface area contributed by atoms with Gasteiger partial charge in [0.05, 0.1) is 6.54 Å². The van der Waals surface area contributed by atoms with Gasteiger partial charge in [-0.2, -0.15) is 0 Å². The van der Waals surface area contributed by atoms with Gasteiger partial charge in [-0.05, 0) is 32.4 Å². The number of aromatic carboxylic acids is 1. The minimum Gasteiger partial charge on any atom is -0.478 e. The van der Waals surface area contributed by atoms with Gasteiger partial charge in [-0.25, -0.2) is 4.79 Å². The predicted octanol–water partition coefficient (Wildman–Crippen LogP) is 1.86. The number of hydrogen-bond donors (Lipinski definition) is 2. The molecule has 5 heteroatoms. The van der Waals surface area contributed by atoms with Gasteiger partial charge in [0.1, 0.15) is 17.1 Å². The third-order valence-corrected chi connectivity index (χ3v) is 3.54. The maximum atomic E-state index is 10.9. The van der Waals surface area contributed by atoms with Gasteiger partial charge in [0.2, 0.25) is 0 Å². The van der Waals surface area contributed by atoms with Crippen molar-refractivity contribution in [3.8, 4) is 0 Å². The van der Waals surface area contributed by atoms with E-state index in [1.54, 1.807) is 13.0 Å². The number of nitrogens with one attached hydrogen (secondary N) is 1. The maximum Gasteiger partial charge on any atom is 0.339 e. The Balaban J connectivity index is 1.73. The van der Waals surface area contributed by atoms with Crippen LogP contribution in [0.15, 0.2) is 10.5 Å². The van der Waals surface area contributed by atoms with Crippen molar-refractivity contribution in [1.29, 1.82) is 0 Å². The molecule has 0 saturated heterocycles. The van der Waals surface area contributed by atoms with Crippen LogP contribution in [0.3, 0.4) is 0 Å². The van der Waals surface area contributed by atoms with Gasteiger partial charge in [0, 0.05) is 19.1 Å². The van der Waals surface area contributed by atoms with E-state index in [0.29, 0.717) is 18.1 Å². The van der Waals surface area contributed by atoms with Gasteiger partial charge in [-0.1, -0.05) is 6.92 Å². The van der Waals surface area contributed by atoms with E-state index in [1.807, 2.05) is 0 Å². The topological polar surface area (TPSA) is 65.7 Å². The highest BCUT2D eigenvalue weighted by Crippen LogP contribution is 2.25. The summed E-state index contributed by atoms with van der Waals surface area (Å²) in [6, 6.07) is 2.39. The van der Waals surface area contributed by atoms with Crippen LogP contribution < -0.4 is 5.32 Å². The van der Waals surface area contributed by atoms with Gasteiger partial charge >= 0.3 is 5.97 Å². The molecule has 2 rings (SSSR count). The number of likely N-dealkylation sites (N-methyl/N-ethyl adjacent to an activating group) is 1. The summed E-state index contributed by atoms with van der Waals surface area (Å²) in [5.41, 5.74) is 0.255. The maximum absolute atomic E-state index is 10.9. The van der Waals surface area contributed by atoms with E-state index in [4.69, 9.17) is 9.52 Å². The minimum absolute atomic E-state index is 0.255. The number of aryl methyl sites for hydroxylation is 1. The third-order valence-electron chi connectivity index (χ3n) is 3.54. The molecule has 0 unspecified atom stereocenters. The standard InChI is InChI=1S/C14H22N2O3/c1-3-16(11-4-5-11)7-6-15-9-12-8-13(14(17)18)10(2)19-12/h8,11,15H,3-7,9H2,1-2H3,(H,17,18). The Bertz CT molecular complexity index is 438. The first kappa shape index (κ1) is 14.1. The molecule has 0 amide bonds. The molecule has 0 aromatic carbocycles.